The summed E-state index contributed by atoms with van der Waals surface area (Å²) in [5.74, 6) is 2.87. The highest BCUT2D eigenvalue weighted by atomic mass is 32.2. The van der Waals surface area contributed by atoms with Gasteiger partial charge in [-0.3, -0.25) is 9.98 Å². The smallest absolute Gasteiger partial charge is 0.161 e. The molecule has 40 heavy (non-hydrogen) atoms. The second-order valence-corrected chi connectivity index (χ2v) is 15.6. The van der Waals surface area contributed by atoms with Gasteiger partial charge >= 0.3 is 0 Å². The summed E-state index contributed by atoms with van der Waals surface area (Å²) < 4.78 is 22.5. The van der Waals surface area contributed by atoms with Gasteiger partial charge in [0, 0.05) is 42.8 Å². The van der Waals surface area contributed by atoms with Gasteiger partial charge in [0.2, 0.25) is 0 Å². The maximum absolute atomic E-state index is 5.60. The fourth-order valence-corrected chi connectivity index (χ4v) is 6.69. The number of nitrogens with zero attached hydrogens (tertiary/aromatic N) is 2. The average molecular weight is 587 g/mol. The van der Waals surface area contributed by atoms with Crippen molar-refractivity contribution < 1.29 is 18.9 Å². The lowest BCUT2D eigenvalue weighted by Gasteiger charge is -2.26. The van der Waals surface area contributed by atoms with E-state index in [1.54, 1.807) is 52.0 Å². The Morgan fingerprint density at radius 2 is 0.925 bits per heavy atom. The third-order valence-corrected chi connectivity index (χ3v) is 8.74. The number of thioether (sulfide) groups is 2. The zero-order valence-corrected chi connectivity index (χ0v) is 27.4. The lowest BCUT2D eigenvalue weighted by atomic mass is 9.91. The quantitative estimate of drug-likeness (QED) is 0.206. The first-order chi connectivity index (χ1) is 18.9. The molecule has 2 atom stereocenters. The summed E-state index contributed by atoms with van der Waals surface area (Å²) in [6.45, 7) is 13.3. The largest absolute Gasteiger partial charge is 0.493 e. The second-order valence-electron chi connectivity index (χ2n) is 11.9. The zero-order valence-electron chi connectivity index (χ0n) is 25.8. The van der Waals surface area contributed by atoms with Crippen molar-refractivity contribution in [2.75, 3.05) is 28.4 Å². The van der Waals surface area contributed by atoms with Crippen LogP contribution in [-0.4, -0.2) is 62.4 Å². The van der Waals surface area contributed by atoms with E-state index in [4.69, 9.17) is 28.9 Å². The van der Waals surface area contributed by atoms with Gasteiger partial charge in [-0.15, -0.1) is 23.5 Å². The Bertz CT molecular complexity index is 1110. The Balaban J connectivity index is 1.94. The summed E-state index contributed by atoms with van der Waals surface area (Å²) in [6, 6.07) is 8.39. The van der Waals surface area contributed by atoms with Crippen molar-refractivity contribution in [1.82, 2.24) is 0 Å². The number of ether oxygens (including phenoxy) is 4. The van der Waals surface area contributed by atoms with E-state index in [2.05, 4.69) is 53.7 Å². The Morgan fingerprint density at radius 1 is 0.600 bits per heavy atom. The fourth-order valence-electron chi connectivity index (χ4n) is 4.58. The molecule has 1 saturated carbocycles. The van der Waals surface area contributed by atoms with Gasteiger partial charge in [0.15, 0.2) is 23.0 Å². The molecule has 3 rings (SSSR count). The van der Waals surface area contributed by atoms with Crippen LogP contribution in [0.3, 0.4) is 0 Å². The van der Waals surface area contributed by atoms with Crippen molar-refractivity contribution in [2.24, 2.45) is 9.98 Å². The maximum Gasteiger partial charge on any atom is 0.161 e. The van der Waals surface area contributed by atoms with Crippen LogP contribution in [0.2, 0.25) is 0 Å². The molecule has 0 saturated heterocycles. The molecular formula is C32H46N2O4S2. The van der Waals surface area contributed by atoms with Crippen LogP contribution < -0.4 is 18.9 Å². The summed E-state index contributed by atoms with van der Waals surface area (Å²) in [6.07, 6.45) is 8.36. The Hall–Kier alpha value is -2.32. The molecule has 0 aliphatic heterocycles. The van der Waals surface area contributed by atoms with Crippen molar-refractivity contribution in [3.05, 3.63) is 35.4 Å². The number of benzene rings is 2. The summed E-state index contributed by atoms with van der Waals surface area (Å²) in [7, 11) is 6.68. The van der Waals surface area contributed by atoms with Crippen molar-refractivity contribution in [2.45, 2.75) is 98.6 Å². The standard InChI is InChI=1S/C32H46N2O4S2/c1-31(2,3)39-29-17-27(37-9)25(35-7)15-21(29)19-33-23-13-11-12-14-24(23)34-20-22-16-26(36-8)28(38-10)18-30(22)40-32(4,5)6/h15-20,23-24H,11-14H2,1-10H3/t23-,24-/m1/s1. The van der Waals surface area contributed by atoms with Gasteiger partial charge in [0.05, 0.1) is 40.5 Å². The Kier molecular flexibility index (Phi) is 11.3. The molecule has 1 fully saturated rings. The van der Waals surface area contributed by atoms with Crippen molar-refractivity contribution >= 4 is 36.0 Å². The Labute approximate surface area is 249 Å². The fraction of sp³-hybridized carbons (Fsp3) is 0.562. The van der Waals surface area contributed by atoms with Crippen LogP contribution in [0.4, 0.5) is 0 Å². The predicted molar refractivity (Wildman–Crippen MR) is 172 cm³/mol. The van der Waals surface area contributed by atoms with Crippen LogP contribution in [0.15, 0.2) is 44.0 Å². The number of aliphatic imine (C=N–C) groups is 2. The van der Waals surface area contributed by atoms with E-state index in [9.17, 15) is 0 Å². The highest BCUT2D eigenvalue weighted by molar-refractivity contribution is 8.01. The van der Waals surface area contributed by atoms with Gasteiger partial charge in [0.1, 0.15) is 0 Å². The second kappa shape index (κ2) is 14.0. The van der Waals surface area contributed by atoms with Gasteiger partial charge in [-0.25, -0.2) is 0 Å². The molecule has 1 aliphatic rings. The number of rotatable bonds is 10. The SMILES string of the molecule is COc1cc(C=N[C@@H]2CCCC[C@H]2N=Cc2cc(OC)c(OC)cc2SC(C)(C)C)c(SC(C)(C)C)cc1OC. The molecule has 0 amide bonds. The van der Waals surface area contributed by atoms with Gasteiger partial charge in [-0.1, -0.05) is 54.4 Å². The van der Waals surface area contributed by atoms with Gasteiger partial charge in [-0.05, 0) is 37.1 Å². The van der Waals surface area contributed by atoms with Gasteiger partial charge < -0.3 is 18.9 Å². The average Bonchev–Trinajstić information content (AvgIpc) is 2.89. The number of methoxy groups -OCH3 is 4. The number of hydrogen-bond acceptors (Lipinski definition) is 8. The molecule has 6 nitrogen and oxygen atoms in total. The molecule has 0 aromatic heterocycles. The summed E-state index contributed by atoms with van der Waals surface area (Å²) >= 11 is 3.61. The molecule has 0 unspecified atom stereocenters. The normalized spacial score (nSPS) is 18.4. The van der Waals surface area contributed by atoms with Crippen LogP contribution in [0.25, 0.3) is 0 Å². The van der Waals surface area contributed by atoms with Crippen LogP contribution in [0.1, 0.15) is 78.4 Å². The molecule has 2 aromatic carbocycles. The van der Waals surface area contributed by atoms with Crippen molar-refractivity contribution in [1.29, 1.82) is 0 Å². The van der Waals surface area contributed by atoms with Crippen molar-refractivity contribution in [3.8, 4) is 23.0 Å². The lowest BCUT2D eigenvalue weighted by Crippen LogP contribution is -2.27. The van der Waals surface area contributed by atoms with E-state index in [-0.39, 0.29) is 21.6 Å². The van der Waals surface area contributed by atoms with E-state index in [1.807, 2.05) is 24.6 Å². The van der Waals surface area contributed by atoms with Gasteiger partial charge in [-0.2, -0.15) is 0 Å². The molecule has 0 bridgehead atoms. The molecule has 0 heterocycles. The lowest BCUT2D eigenvalue weighted by molar-refractivity contribution is 0.354. The molecule has 1 aliphatic carbocycles. The zero-order chi connectivity index (χ0) is 29.5. The third kappa shape index (κ3) is 9.10. The molecule has 0 spiro atoms. The first-order valence-electron chi connectivity index (χ1n) is 13.8. The van der Waals surface area contributed by atoms with E-state index in [0.717, 1.165) is 58.1 Å². The molecule has 2 aromatic rings. The van der Waals surface area contributed by atoms with Crippen LogP contribution in [-0.2, 0) is 0 Å². The predicted octanol–water partition coefficient (Wildman–Crippen LogP) is 8.35. The monoisotopic (exact) mass is 586 g/mol. The molecule has 220 valence electrons. The molecule has 0 N–H and O–H groups in total. The van der Waals surface area contributed by atoms with E-state index in [1.165, 1.54) is 0 Å². The van der Waals surface area contributed by atoms with E-state index >= 15 is 0 Å². The molecule has 0 radical (unpaired) electrons. The van der Waals surface area contributed by atoms with Crippen LogP contribution >= 0.6 is 23.5 Å². The van der Waals surface area contributed by atoms with Crippen LogP contribution in [0.5, 0.6) is 23.0 Å². The summed E-state index contributed by atoms with van der Waals surface area (Å²) in [5, 5.41) is 0. The van der Waals surface area contributed by atoms with Crippen molar-refractivity contribution in [3.63, 3.8) is 0 Å². The summed E-state index contributed by atoms with van der Waals surface area (Å²) in [4.78, 5) is 12.5. The maximum atomic E-state index is 5.60. The first kappa shape index (κ1) is 32.2. The number of hydrogen-bond donors (Lipinski definition) is 0. The first-order valence-corrected chi connectivity index (χ1v) is 15.5. The highest BCUT2D eigenvalue weighted by Crippen LogP contribution is 2.41. The minimum absolute atomic E-state index is 0.0437. The van der Waals surface area contributed by atoms with E-state index < -0.39 is 0 Å². The van der Waals surface area contributed by atoms with Gasteiger partial charge in [0.25, 0.3) is 0 Å². The molecule has 8 heteroatoms. The highest BCUT2D eigenvalue weighted by Gasteiger charge is 2.25. The summed E-state index contributed by atoms with van der Waals surface area (Å²) in [5.41, 5.74) is 2.07. The third-order valence-electron chi connectivity index (χ3n) is 6.37. The molecular weight excluding hydrogens is 540 g/mol. The minimum Gasteiger partial charge on any atom is -0.493 e. The minimum atomic E-state index is 0.0437. The Morgan fingerprint density at radius 3 is 1.23 bits per heavy atom. The topological polar surface area (TPSA) is 61.6 Å². The van der Waals surface area contributed by atoms with E-state index in [0.29, 0.717) is 11.5 Å². The van der Waals surface area contributed by atoms with Crippen LogP contribution in [0, 0.1) is 0 Å².